The van der Waals surface area contributed by atoms with Crippen LogP contribution in [0.3, 0.4) is 0 Å². The van der Waals surface area contributed by atoms with Crippen LogP contribution in [0.15, 0.2) is 22.7 Å². The molecule has 19 heavy (non-hydrogen) atoms. The van der Waals surface area contributed by atoms with Crippen LogP contribution in [0.4, 0.5) is 18.9 Å². The van der Waals surface area contributed by atoms with Crippen molar-refractivity contribution in [2.75, 3.05) is 31.7 Å². The Labute approximate surface area is 117 Å². The Kier molecular flexibility index (Phi) is 6.60. The Morgan fingerprint density at radius 2 is 2.00 bits per heavy atom. The third kappa shape index (κ3) is 5.80. The van der Waals surface area contributed by atoms with E-state index in [9.17, 15) is 13.2 Å². The van der Waals surface area contributed by atoms with Gasteiger partial charge in [-0.25, -0.2) is 0 Å². The average molecular weight is 342 g/mol. The van der Waals surface area contributed by atoms with Crippen molar-refractivity contribution in [2.24, 2.45) is 0 Å². The molecule has 1 aromatic rings. The van der Waals surface area contributed by atoms with E-state index in [2.05, 4.69) is 21.2 Å². The first-order valence-electron chi connectivity index (χ1n) is 5.74. The first kappa shape index (κ1) is 16.3. The molecular formula is C12H15BrF3NO2. The van der Waals surface area contributed by atoms with Crippen molar-refractivity contribution in [2.45, 2.75) is 12.6 Å². The molecule has 7 heteroatoms. The monoisotopic (exact) mass is 341 g/mol. The molecule has 0 aliphatic carbocycles. The summed E-state index contributed by atoms with van der Waals surface area (Å²) in [4.78, 5) is 0. The molecule has 0 bridgehead atoms. The third-order valence-electron chi connectivity index (χ3n) is 2.31. The molecule has 2 N–H and O–H groups in total. The number of aliphatic hydroxyl groups excluding tert-OH is 1. The minimum atomic E-state index is -4.33. The number of ether oxygens (including phenoxy) is 1. The molecule has 0 aliphatic heterocycles. The molecule has 0 radical (unpaired) electrons. The number of benzene rings is 1. The van der Waals surface area contributed by atoms with Gasteiger partial charge in [0.15, 0.2) is 0 Å². The second-order valence-corrected chi connectivity index (χ2v) is 4.66. The highest BCUT2D eigenvalue weighted by atomic mass is 79.9. The van der Waals surface area contributed by atoms with Crippen molar-refractivity contribution in [1.82, 2.24) is 0 Å². The average Bonchev–Trinajstić information content (AvgIpc) is 2.34. The van der Waals surface area contributed by atoms with Gasteiger partial charge in [0.25, 0.3) is 0 Å². The summed E-state index contributed by atoms with van der Waals surface area (Å²) in [7, 11) is 0. The molecule has 0 saturated heterocycles. The normalized spacial score (nSPS) is 11.6. The van der Waals surface area contributed by atoms with Crippen LogP contribution in [0.1, 0.15) is 12.0 Å². The number of rotatable bonds is 7. The van der Waals surface area contributed by atoms with Crippen LogP contribution in [0.2, 0.25) is 0 Å². The maximum absolute atomic E-state index is 12.4. The fourth-order valence-corrected chi connectivity index (χ4v) is 1.92. The van der Waals surface area contributed by atoms with Gasteiger partial charge in [0.05, 0.1) is 18.8 Å². The molecule has 0 unspecified atom stereocenters. The standard InChI is InChI=1S/C12H15BrF3NO2/c13-10-8-9(12(14,15)16)2-3-11(10)17-4-1-6-19-7-5-18/h2-3,8,17-18H,1,4-7H2. The maximum atomic E-state index is 12.4. The van der Waals surface area contributed by atoms with E-state index < -0.39 is 11.7 Å². The van der Waals surface area contributed by atoms with Gasteiger partial charge in [0, 0.05) is 23.3 Å². The lowest BCUT2D eigenvalue weighted by Gasteiger charge is -2.12. The minimum Gasteiger partial charge on any atom is -0.394 e. The molecule has 0 fully saturated rings. The molecule has 0 aliphatic rings. The molecule has 108 valence electrons. The van der Waals surface area contributed by atoms with E-state index in [-0.39, 0.29) is 6.61 Å². The van der Waals surface area contributed by atoms with Crippen molar-refractivity contribution in [1.29, 1.82) is 0 Å². The molecular weight excluding hydrogens is 327 g/mol. The van der Waals surface area contributed by atoms with Crippen molar-refractivity contribution in [3.63, 3.8) is 0 Å². The zero-order valence-electron chi connectivity index (χ0n) is 10.1. The second kappa shape index (κ2) is 7.72. The predicted octanol–water partition coefficient (Wildman–Crippen LogP) is 3.28. The smallest absolute Gasteiger partial charge is 0.394 e. The lowest BCUT2D eigenvalue weighted by atomic mass is 10.2. The van der Waals surface area contributed by atoms with E-state index in [0.29, 0.717) is 36.3 Å². The molecule has 0 atom stereocenters. The summed E-state index contributed by atoms with van der Waals surface area (Å²) >= 11 is 3.11. The summed E-state index contributed by atoms with van der Waals surface area (Å²) in [6.07, 6.45) is -3.63. The number of alkyl halides is 3. The summed E-state index contributed by atoms with van der Waals surface area (Å²) in [6, 6.07) is 3.47. The van der Waals surface area contributed by atoms with E-state index in [1.54, 1.807) is 0 Å². The van der Waals surface area contributed by atoms with Gasteiger partial charge in [-0.2, -0.15) is 13.2 Å². The van der Waals surface area contributed by atoms with E-state index >= 15 is 0 Å². The Bertz CT molecular complexity index is 399. The first-order valence-corrected chi connectivity index (χ1v) is 6.53. The summed E-state index contributed by atoms with van der Waals surface area (Å²) in [5.74, 6) is 0. The third-order valence-corrected chi connectivity index (χ3v) is 2.97. The van der Waals surface area contributed by atoms with Crippen LogP contribution in [0.25, 0.3) is 0 Å². The quantitative estimate of drug-likeness (QED) is 0.748. The fourth-order valence-electron chi connectivity index (χ4n) is 1.40. The Hall–Kier alpha value is -0.790. The van der Waals surface area contributed by atoms with Crippen LogP contribution in [-0.2, 0) is 10.9 Å². The number of anilines is 1. The van der Waals surface area contributed by atoms with E-state index in [1.807, 2.05) is 0 Å². The molecule has 0 saturated carbocycles. The Balaban J connectivity index is 2.43. The van der Waals surface area contributed by atoms with Gasteiger partial charge in [-0.3, -0.25) is 0 Å². The van der Waals surface area contributed by atoms with Crippen LogP contribution >= 0.6 is 15.9 Å². The first-order chi connectivity index (χ1) is 8.95. The molecule has 1 aromatic carbocycles. The number of halogens is 4. The second-order valence-electron chi connectivity index (χ2n) is 3.81. The highest BCUT2D eigenvalue weighted by Gasteiger charge is 2.30. The summed E-state index contributed by atoms with van der Waals surface area (Å²) in [5.41, 5.74) is -0.0774. The van der Waals surface area contributed by atoms with Crippen molar-refractivity contribution >= 4 is 21.6 Å². The van der Waals surface area contributed by atoms with Crippen LogP contribution < -0.4 is 5.32 Å². The predicted molar refractivity (Wildman–Crippen MR) is 70.2 cm³/mol. The fraction of sp³-hybridized carbons (Fsp3) is 0.500. The van der Waals surface area contributed by atoms with E-state index in [0.717, 1.165) is 12.1 Å². The zero-order valence-corrected chi connectivity index (χ0v) is 11.7. The number of aliphatic hydroxyl groups is 1. The largest absolute Gasteiger partial charge is 0.416 e. The SMILES string of the molecule is OCCOCCCNc1ccc(C(F)(F)F)cc1Br. The van der Waals surface area contributed by atoms with Gasteiger partial charge in [0.1, 0.15) is 0 Å². The van der Waals surface area contributed by atoms with Crippen molar-refractivity contribution in [3.05, 3.63) is 28.2 Å². The maximum Gasteiger partial charge on any atom is 0.416 e. The van der Waals surface area contributed by atoms with Gasteiger partial charge in [0.2, 0.25) is 0 Å². The lowest BCUT2D eigenvalue weighted by molar-refractivity contribution is -0.137. The Morgan fingerprint density at radius 3 is 2.58 bits per heavy atom. The van der Waals surface area contributed by atoms with E-state index in [4.69, 9.17) is 9.84 Å². The van der Waals surface area contributed by atoms with Crippen molar-refractivity contribution < 1.29 is 23.0 Å². The number of nitrogens with one attached hydrogen (secondary N) is 1. The molecule has 3 nitrogen and oxygen atoms in total. The van der Waals surface area contributed by atoms with Gasteiger partial charge < -0.3 is 15.2 Å². The van der Waals surface area contributed by atoms with Crippen LogP contribution in [0, 0.1) is 0 Å². The lowest BCUT2D eigenvalue weighted by Crippen LogP contribution is -2.09. The molecule has 1 rings (SSSR count). The summed E-state index contributed by atoms with van der Waals surface area (Å²) in [5, 5.41) is 11.5. The zero-order chi connectivity index (χ0) is 14.3. The van der Waals surface area contributed by atoms with E-state index in [1.165, 1.54) is 6.07 Å². The number of hydrogen-bond donors (Lipinski definition) is 2. The van der Waals surface area contributed by atoms with Gasteiger partial charge in [-0.05, 0) is 40.5 Å². The highest BCUT2D eigenvalue weighted by molar-refractivity contribution is 9.10. The minimum absolute atomic E-state index is 0.0160. The topological polar surface area (TPSA) is 41.5 Å². The highest BCUT2D eigenvalue weighted by Crippen LogP contribution is 2.33. The van der Waals surface area contributed by atoms with Crippen LogP contribution in [-0.4, -0.2) is 31.5 Å². The Morgan fingerprint density at radius 1 is 1.26 bits per heavy atom. The molecule has 0 spiro atoms. The van der Waals surface area contributed by atoms with Gasteiger partial charge >= 0.3 is 6.18 Å². The molecule has 0 heterocycles. The summed E-state index contributed by atoms with van der Waals surface area (Å²) < 4.78 is 42.8. The van der Waals surface area contributed by atoms with Crippen LogP contribution in [0.5, 0.6) is 0 Å². The number of hydrogen-bond acceptors (Lipinski definition) is 3. The van der Waals surface area contributed by atoms with Gasteiger partial charge in [-0.15, -0.1) is 0 Å². The molecule has 0 amide bonds. The molecule has 0 aromatic heterocycles. The summed E-state index contributed by atoms with van der Waals surface area (Å²) in [6.45, 7) is 1.35. The van der Waals surface area contributed by atoms with Crippen molar-refractivity contribution in [3.8, 4) is 0 Å². The van der Waals surface area contributed by atoms with Gasteiger partial charge in [-0.1, -0.05) is 0 Å².